The number of morpholine rings is 1. The number of urea groups is 1. The van der Waals surface area contributed by atoms with Gasteiger partial charge in [-0.1, -0.05) is 12.1 Å². The number of fused-ring (bicyclic) bond motifs is 1. The van der Waals surface area contributed by atoms with E-state index in [1.54, 1.807) is 0 Å². The number of ether oxygens (including phenoxy) is 1. The largest absolute Gasteiger partial charge is 0.378 e. The highest BCUT2D eigenvalue weighted by Crippen LogP contribution is 2.30. The van der Waals surface area contributed by atoms with E-state index >= 15 is 0 Å². The summed E-state index contributed by atoms with van der Waals surface area (Å²) in [7, 11) is 2.15. The number of benzene rings is 2. The molecule has 2 saturated heterocycles. The molecule has 2 aliphatic rings. The Morgan fingerprint density at radius 1 is 0.829 bits per heavy atom. The minimum Gasteiger partial charge on any atom is -0.378 e. The molecule has 2 aliphatic heterocycles. The summed E-state index contributed by atoms with van der Waals surface area (Å²) in [5, 5.41) is 11.5. The molecule has 2 aromatic heterocycles. The Morgan fingerprint density at radius 3 is 2.10 bits per heavy atom. The summed E-state index contributed by atoms with van der Waals surface area (Å²) in [6, 6.07) is 15.6. The fourth-order valence-electron chi connectivity index (χ4n) is 5.13. The number of piperazine rings is 1. The van der Waals surface area contributed by atoms with Crippen molar-refractivity contribution in [3.63, 3.8) is 0 Å². The average Bonchev–Trinajstić information content (AvgIpc) is 3.43. The Bertz CT molecular complexity index is 1490. The van der Waals surface area contributed by atoms with E-state index in [1.165, 1.54) is 5.69 Å². The molecule has 214 valence electrons. The predicted molar refractivity (Wildman–Crippen MR) is 163 cm³/mol. The Hall–Kier alpha value is -4.22. The van der Waals surface area contributed by atoms with Crippen molar-refractivity contribution in [2.45, 2.75) is 19.9 Å². The van der Waals surface area contributed by atoms with Crippen LogP contribution in [0.5, 0.6) is 0 Å². The van der Waals surface area contributed by atoms with Crippen molar-refractivity contribution in [1.29, 1.82) is 0 Å². The number of carbonyl (C=O) groups is 1. The highest BCUT2D eigenvalue weighted by molar-refractivity contribution is 6.00. The number of carbonyl (C=O) groups excluding carboxylic acids is 1. The fraction of sp³-hybridized carbons (Fsp3) is 0.400. The molecule has 0 bridgehead atoms. The molecule has 4 aromatic rings. The van der Waals surface area contributed by atoms with Gasteiger partial charge in [0.2, 0.25) is 5.95 Å². The molecule has 0 aliphatic carbocycles. The third kappa shape index (κ3) is 6.10. The number of amides is 2. The van der Waals surface area contributed by atoms with Crippen molar-refractivity contribution in [3.05, 3.63) is 54.7 Å². The Kier molecular flexibility index (Phi) is 7.71. The molecule has 0 spiro atoms. The number of nitrogens with one attached hydrogen (secondary N) is 2. The normalized spacial score (nSPS) is 16.4. The summed E-state index contributed by atoms with van der Waals surface area (Å²) in [6.07, 6.45) is 2.01. The third-order valence-electron chi connectivity index (χ3n) is 7.62. The quantitative estimate of drug-likeness (QED) is 0.363. The first-order chi connectivity index (χ1) is 19.9. The number of rotatable bonds is 6. The van der Waals surface area contributed by atoms with E-state index in [2.05, 4.69) is 58.4 Å². The molecule has 11 heteroatoms. The lowest BCUT2D eigenvalue weighted by Gasteiger charge is -2.34. The van der Waals surface area contributed by atoms with Crippen LogP contribution in [-0.2, 0) is 4.74 Å². The Labute approximate surface area is 240 Å². The first-order valence-corrected chi connectivity index (χ1v) is 14.2. The lowest BCUT2D eigenvalue weighted by atomic mass is 10.1. The zero-order valence-electron chi connectivity index (χ0n) is 23.9. The van der Waals surface area contributed by atoms with Crippen LogP contribution < -0.4 is 20.4 Å². The zero-order valence-corrected chi connectivity index (χ0v) is 23.9. The number of aromatic nitrogens is 4. The van der Waals surface area contributed by atoms with Crippen molar-refractivity contribution >= 4 is 40.1 Å². The average molecular weight is 556 g/mol. The Balaban J connectivity index is 1.16. The highest BCUT2D eigenvalue weighted by atomic mass is 16.5. The lowest BCUT2D eigenvalue weighted by Crippen LogP contribution is -2.44. The topological polar surface area (TPSA) is 104 Å². The van der Waals surface area contributed by atoms with Crippen molar-refractivity contribution < 1.29 is 9.53 Å². The summed E-state index contributed by atoms with van der Waals surface area (Å²) >= 11 is 0. The summed E-state index contributed by atoms with van der Waals surface area (Å²) in [5.41, 5.74) is 5.04. The maximum atomic E-state index is 12.7. The van der Waals surface area contributed by atoms with Gasteiger partial charge in [-0.15, -0.1) is 0 Å². The van der Waals surface area contributed by atoms with Gasteiger partial charge in [0.1, 0.15) is 0 Å². The van der Waals surface area contributed by atoms with Crippen molar-refractivity contribution in [2.24, 2.45) is 0 Å². The van der Waals surface area contributed by atoms with Crippen LogP contribution in [-0.4, -0.2) is 90.2 Å². The zero-order chi connectivity index (χ0) is 28.3. The summed E-state index contributed by atoms with van der Waals surface area (Å²) < 4.78 is 7.44. The van der Waals surface area contributed by atoms with Crippen LogP contribution >= 0.6 is 0 Å². The van der Waals surface area contributed by atoms with E-state index < -0.39 is 0 Å². The second-order valence-electron chi connectivity index (χ2n) is 10.9. The second kappa shape index (κ2) is 11.7. The van der Waals surface area contributed by atoms with Gasteiger partial charge in [0, 0.05) is 74.1 Å². The summed E-state index contributed by atoms with van der Waals surface area (Å²) in [5.74, 6) is 0.657. The van der Waals surface area contributed by atoms with E-state index in [9.17, 15) is 4.79 Å². The van der Waals surface area contributed by atoms with E-state index in [-0.39, 0.29) is 12.1 Å². The molecule has 0 atom stereocenters. The predicted octanol–water partition coefficient (Wildman–Crippen LogP) is 4.31. The third-order valence-corrected chi connectivity index (χ3v) is 7.62. The molecule has 2 fully saturated rings. The summed E-state index contributed by atoms with van der Waals surface area (Å²) in [6.45, 7) is 11.1. The second-order valence-corrected chi connectivity index (χ2v) is 10.9. The highest BCUT2D eigenvalue weighted by Gasteiger charge is 2.20. The molecule has 41 heavy (non-hydrogen) atoms. The first-order valence-electron chi connectivity index (χ1n) is 14.2. The number of nitrogens with zero attached hydrogens (tertiary/aromatic N) is 7. The van der Waals surface area contributed by atoms with E-state index in [0.717, 1.165) is 61.6 Å². The van der Waals surface area contributed by atoms with Gasteiger partial charge in [0.05, 0.1) is 24.3 Å². The van der Waals surface area contributed by atoms with Crippen molar-refractivity contribution in [2.75, 3.05) is 80.0 Å². The number of likely N-dealkylation sites (N-methyl/N-ethyl adjacent to an activating group) is 1. The molecule has 2 aromatic carbocycles. The number of anilines is 4. The minimum atomic E-state index is -0.290. The first kappa shape index (κ1) is 27.0. The van der Waals surface area contributed by atoms with Crippen LogP contribution in [0, 0.1) is 0 Å². The number of hydrogen-bond acceptors (Lipinski definition) is 8. The van der Waals surface area contributed by atoms with E-state index in [1.807, 2.05) is 47.3 Å². The molecule has 2 N–H and O–H groups in total. The fourth-order valence-corrected chi connectivity index (χ4v) is 5.13. The Morgan fingerprint density at radius 2 is 1.46 bits per heavy atom. The van der Waals surface area contributed by atoms with Crippen molar-refractivity contribution in [3.8, 4) is 11.3 Å². The molecule has 2 amide bonds. The smallest absolute Gasteiger partial charge is 0.323 e. The van der Waals surface area contributed by atoms with Gasteiger partial charge in [0.15, 0.2) is 5.65 Å². The van der Waals surface area contributed by atoms with Crippen LogP contribution in [0.3, 0.4) is 0 Å². The van der Waals surface area contributed by atoms with Gasteiger partial charge in [-0.3, -0.25) is 4.68 Å². The molecule has 0 radical (unpaired) electrons. The van der Waals surface area contributed by atoms with Crippen LogP contribution in [0.25, 0.3) is 22.3 Å². The van der Waals surface area contributed by atoms with Crippen LogP contribution in [0.2, 0.25) is 0 Å². The maximum absolute atomic E-state index is 12.7. The van der Waals surface area contributed by atoms with Gasteiger partial charge in [-0.2, -0.15) is 10.1 Å². The molecule has 4 heterocycles. The van der Waals surface area contributed by atoms with Crippen LogP contribution in [0.15, 0.2) is 54.7 Å². The SMILES string of the molecule is CC(C)n1cc2c(-c3ccc(NC(=O)Nc4ccc(N5CCN(C)CC5)cc4)cc3)nc(N3CCOCC3)nc2n1. The summed E-state index contributed by atoms with van der Waals surface area (Å²) in [4.78, 5) is 29.3. The molecule has 0 saturated carbocycles. The molecular formula is C30H37N9O2. The van der Waals surface area contributed by atoms with Gasteiger partial charge in [-0.05, 0) is 57.3 Å². The van der Waals surface area contributed by atoms with Gasteiger partial charge in [0.25, 0.3) is 0 Å². The van der Waals surface area contributed by atoms with Gasteiger partial charge in [-0.25, -0.2) is 9.78 Å². The van der Waals surface area contributed by atoms with Gasteiger partial charge < -0.3 is 30.1 Å². The molecule has 6 rings (SSSR count). The van der Waals surface area contributed by atoms with E-state index in [4.69, 9.17) is 19.8 Å². The van der Waals surface area contributed by atoms with Crippen LogP contribution in [0.1, 0.15) is 19.9 Å². The van der Waals surface area contributed by atoms with Gasteiger partial charge >= 0.3 is 6.03 Å². The molecular weight excluding hydrogens is 518 g/mol. The standard InChI is InChI=1S/C30H37N9O2/c1-21(2)39-20-26-27(33-29(34-28(26)35-39)38-16-18-41-19-17-38)22-4-6-23(7-5-22)31-30(40)32-24-8-10-25(11-9-24)37-14-12-36(3)13-15-37/h4-11,20-21H,12-19H2,1-3H3,(H2,31,32,40). The molecule has 11 nitrogen and oxygen atoms in total. The number of hydrogen-bond donors (Lipinski definition) is 2. The van der Waals surface area contributed by atoms with E-state index in [0.29, 0.717) is 30.5 Å². The minimum absolute atomic E-state index is 0.206. The molecule has 0 unspecified atom stereocenters. The monoisotopic (exact) mass is 555 g/mol. The lowest BCUT2D eigenvalue weighted by molar-refractivity contribution is 0.122. The van der Waals surface area contributed by atoms with Crippen LogP contribution in [0.4, 0.5) is 27.8 Å². The maximum Gasteiger partial charge on any atom is 0.323 e. The van der Waals surface area contributed by atoms with Crippen molar-refractivity contribution in [1.82, 2.24) is 24.6 Å².